The van der Waals surface area contributed by atoms with Crippen LogP contribution in [0.25, 0.3) is 0 Å². The van der Waals surface area contributed by atoms with E-state index < -0.39 is 34.4 Å². The number of anilines is 1. The second-order valence-corrected chi connectivity index (χ2v) is 14.4. The minimum absolute atomic E-state index is 0.123. The van der Waals surface area contributed by atoms with Gasteiger partial charge in [0.2, 0.25) is 17.4 Å². The normalized spacial score (nSPS) is 15.6. The van der Waals surface area contributed by atoms with Gasteiger partial charge in [-0.25, -0.2) is 8.42 Å². The van der Waals surface area contributed by atoms with Crippen LogP contribution in [0.15, 0.2) is 89.8 Å². The summed E-state index contributed by atoms with van der Waals surface area (Å²) < 4.78 is 50.9. The molecule has 0 bridgehead atoms. The number of aryl methyl sites for hydroxylation is 1. The SMILES string of the molecule is CCOP(=O)([C@H](Cc1ccccc1)NS(=O)(=O)c1ccc(C)cc1)[C@@H](Nc1ccccc1)C(C)(C)C. The van der Waals surface area contributed by atoms with E-state index in [0.29, 0.717) is 0 Å². The molecule has 3 atom stereocenters. The van der Waals surface area contributed by atoms with Gasteiger partial charge in [0, 0.05) is 5.69 Å². The number of sulfonamides is 1. The molecular weight excluding hydrogens is 491 g/mol. The molecule has 0 aromatic heterocycles. The van der Waals surface area contributed by atoms with Crippen molar-refractivity contribution in [1.82, 2.24) is 4.72 Å². The highest BCUT2D eigenvalue weighted by atomic mass is 32.2. The molecule has 0 heterocycles. The minimum atomic E-state index is -3.98. The first kappa shape index (κ1) is 28.1. The van der Waals surface area contributed by atoms with Gasteiger partial charge in [-0.1, -0.05) is 87.0 Å². The van der Waals surface area contributed by atoms with Gasteiger partial charge in [-0.15, -0.1) is 0 Å². The molecule has 36 heavy (non-hydrogen) atoms. The van der Waals surface area contributed by atoms with Crippen molar-refractivity contribution in [3.8, 4) is 0 Å². The molecule has 3 aromatic rings. The monoisotopic (exact) mass is 528 g/mol. The Morgan fingerprint density at radius 2 is 1.44 bits per heavy atom. The molecule has 1 unspecified atom stereocenters. The molecule has 2 N–H and O–H groups in total. The first-order chi connectivity index (χ1) is 17.0. The van der Waals surface area contributed by atoms with Crippen LogP contribution in [0.4, 0.5) is 5.69 Å². The molecule has 0 aliphatic rings. The Kier molecular flexibility index (Phi) is 9.18. The Morgan fingerprint density at radius 3 is 1.97 bits per heavy atom. The molecular formula is C28H37N2O4PS. The van der Waals surface area contributed by atoms with Gasteiger partial charge in [-0.3, -0.25) is 4.57 Å². The van der Waals surface area contributed by atoms with E-state index in [0.717, 1.165) is 16.8 Å². The van der Waals surface area contributed by atoms with Crippen LogP contribution < -0.4 is 10.0 Å². The molecule has 0 aliphatic heterocycles. The van der Waals surface area contributed by atoms with Crippen molar-refractivity contribution < 1.29 is 17.5 Å². The molecule has 0 spiro atoms. The molecule has 0 amide bonds. The summed E-state index contributed by atoms with van der Waals surface area (Å²) in [5.74, 6) is -1.66. The van der Waals surface area contributed by atoms with Crippen molar-refractivity contribution in [2.75, 3.05) is 11.9 Å². The van der Waals surface area contributed by atoms with E-state index in [1.54, 1.807) is 31.2 Å². The summed E-state index contributed by atoms with van der Waals surface area (Å²) in [4.78, 5) is 0.123. The lowest BCUT2D eigenvalue weighted by molar-refractivity contribution is 0.288. The van der Waals surface area contributed by atoms with E-state index in [-0.39, 0.29) is 17.9 Å². The number of nitrogens with one attached hydrogen (secondary N) is 2. The second-order valence-electron chi connectivity index (χ2n) is 9.98. The molecule has 0 saturated carbocycles. The predicted molar refractivity (Wildman–Crippen MR) is 148 cm³/mol. The topological polar surface area (TPSA) is 84.5 Å². The molecule has 0 fully saturated rings. The zero-order valence-corrected chi connectivity index (χ0v) is 23.4. The number of para-hydroxylation sites is 1. The van der Waals surface area contributed by atoms with Crippen LogP contribution in [0.1, 0.15) is 38.8 Å². The highest BCUT2D eigenvalue weighted by Gasteiger charge is 2.49. The summed E-state index contributed by atoms with van der Waals surface area (Å²) in [6.45, 7) is 9.79. The van der Waals surface area contributed by atoms with E-state index >= 15 is 4.57 Å². The Morgan fingerprint density at radius 1 is 0.889 bits per heavy atom. The Bertz CT molecular complexity index is 1260. The molecule has 8 heteroatoms. The van der Waals surface area contributed by atoms with Gasteiger partial charge in [0.25, 0.3) is 0 Å². The largest absolute Gasteiger partial charge is 0.373 e. The number of benzene rings is 3. The lowest BCUT2D eigenvalue weighted by atomic mass is 9.96. The van der Waals surface area contributed by atoms with Gasteiger partial charge in [-0.05, 0) is 55.5 Å². The summed E-state index contributed by atoms with van der Waals surface area (Å²) in [5.41, 5.74) is 2.08. The number of hydrogen-bond donors (Lipinski definition) is 2. The van der Waals surface area contributed by atoms with Crippen LogP contribution in [0.2, 0.25) is 0 Å². The predicted octanol–water partition coefficient (Wildman–Crippen LogP) is 6.64. The Hall–Kier alpha value is -2.44. The van der Waals surface area contributed by atoms with E-state index in [9.17, 15) is 8.42 Å². The third kappa shape index (κ3) is 7.07. The van der Waals surface area contributed by atoms with Crippen molar-refractivity contribution in [3.63, 3.8) is 0 Å². The zero-order valence-electron chi connectivity index (χ0n) is 21.6. The van der Waals surface area contributed by atoms with Crippen LogP contribution in [-0.4, -0.2) is 26.6 Å². The average molecular weight is 529 g/mol. The van der Waals surface area contributed by atoms with E-state index in [1.807, 2.05) is 88.4 Å². The number of rotatable bonds is 11. The Balaban J connectivity index is 2.11. The standard InChI is InChI=1S/C28H37N2O4PS/c1-6-34-35(31,27(28(3,4)5)29-24-15-11-8-12-16-24)26(21-23-13-9-7-10-14-23)30-36(32,33)25-19-17-22(2)18-20-25/h7-20,26-27,29-30H,6,21H2,1-5H3/t26-,27-,35?/m1/s1. The molecule has 194 valence electrons. The molecule has 0 saturated heterocycles. The van der Waals surface area contributed by atoms with Gasteiger partial charge in [-0.2, -0.15) is 4.72 Å². The van der Waals surface area contributed by atoms with Crippen LogP contribution in [-0.2, 0) is 25.5 Å². The lowest BCUT2D eigenvalue weighted by Crippen LogP contribution is -2.45. The lowest BCUT2D eigenvalue weighted by Gasteiger charge is -2.41. The van der Waals surface area contributed by atoms with Gasteiger partial charge < -0.3 is 9.84 Å². The third-order valence-corrected chi connectivity index (χ3v) is 11.0. The number of hydrogen-bond acceptors (Lipinski definition) is 5. The molecule has 6 nitrogen and oxygen atoms in total. The second kappa shape index (κ2) is 11.7. The summed E-state index contributed by atoms with van der Waals surface area (Å²) in [7, 11) is -7.70. The van der Waals surface area contributed by atoms with Crippen molar-refractivity contribution in [1.29, 1.82) is 0 Å². The van der Waals surface area contributed by atoms with Gasteiger partial charge in [0.15, 0.2) is 0 Å². The maximum Gasteiger partial charge on any atom is 0.242 e. The Labute approximate surface area is 216 Å². The fraction of sp³-hybridized carbons (Fsp3) is 0.357. The van der Waals surface area contributed by atoms with Gasteiger partial charge >= 0.3 is 0 Å². The third-order valence-electron chi connectivity index (χ3n) is 5.92. The summed E-state index contributed by atoms with van der Waals surface area (Å²) >= 11 is 0. The fourth-order valence-electron chi connectivity index (χ4n) is 4.13. The average Bonchev–Trinajstić information content (AvgIpc) is 2.83. The van der Waals surface area contributed by atoms with Crippen LogP contribution in [0, 0.1) is 12.3 Å². The molecule has 0 radical (unpaired) electrons. The summed E-state index contributed by atoms with van der Waals surface area (Å²) in [6.07, 6.45) is 0.215. The highest BCUT2D eigenvalue weighted by molar-refractivity contribution is 7.90. The molecule has 0 aliphatic carbocycles. The van der Waals surface area contributed by atoms with Crippen LogP contribution in [0.3, 0.4) is 0 Å². The van der Waals surface area contributed by atoms with E-state index in [4.69, 9.17) is 4.52 Å². The van der Waals surface area contributed by atoms with Crippen molar-refractivity contribution in [2.45, 2.75) is 57.5 Å². The van der Waals surface area contributed by atoms with Crippen LogP contribution >= 0.6 is 7.37 Å². The molecule has 3 aromatic carbocycles. The van der Waals surface area contributed by atoms with E-state index in [2.05, 4.69) is 10.0 Å². The zero-order chi connectivity index (χ0) is 26.4. The minimum Gasteiger partial charge on any atom is -0.373 e. The smallest absolute Gasteiger partial charge is 0.242 e. The maximum absolute atomic E-state index is 15.0. The van der Waals surface area contributed by atoms with Crippen molar-refractivity contribution >= 4 is 23.1 Å². The summed E-state index contributed by atoms with van der Waals surface area (Å²) in [6, 6.07) is 25.6. The quantitative estimate of drug-likeness (QED) is 0.273. The van der Waals surface area contributed by atoms with Gasteiger partial charge in [0.1, 0.15) is 11.6 Å². The van der Waals surface area contributed by atoms with Crippen LogP contribution in [0.5, 0.6) is 0 Å². The summed E-state index contributed by atoms with van der Waals surface area (Å²) in [5, 5.41) is 3.42. The van der Waals surface area contributed by atoms with Crippen molar-refractivity contribution in [2.24, 2.45) is 5.41 Å². The fourth-order valence-corrected chi connectivity index (χ4v) is 9.17. The van der Waals surface area contributed by atoms with E-state index in [1.165, 1.54) is 0 Å². The maximum atomic E-state index is 15.0. The highest BCUT2D eigenvalue weighted by Crippen LogP contribution is 2.61. The van der Waals surface area contributed by atoms with Gasteiger partial charge in [0.05, 0.1) is 11.5 Å². The first-order valence-electron chi connectivity index (χ1n) is 12.1. The first-order valence-corrected chi connectivity index (χ1v) is 15.4. The molecule has 3 rings (SSSR count). The van der Waals surface area contributed by atoms with Crippen molar-refractivity contribution in [3.05, 3.63) is 96.1 Å².